The fraction of sp³-hybridized carbons (Fsp3) is 0.188. The molecule has 9 aromatic rings. The Morgan fingerprint density at radius 2 is 1.07 bits per heavy atom. The number of hydrogen-bond acceptors (Lipinski definition) is 4. The van der Waals surface area contributed by atoms with Gasteiger partial charge in [0.05, 0.1) is 5.69 Å². The zero-order valence-electron chi connectivity index (χ0n) is 40.0. The maximum atomic E-state index is 6.62. The second-order valence-electron chi connectivity index (χ2n) is 21.0. The van der Waals surface area contributed by atoms with Crippen LogP contribution < -0.4 is 19.7 Å². The van der Waals surface area contributed by atoms with Gasteiger partial charge in [-0.3, -0.25) is 0 Å². The van der Waals surface area contributed by atoms with Crippen molar-refractivity contribution in [2.24, 2.45) is 0 Å². The number of nitrogens with zero attached hydrogens (tertiary/aromatic N) is 1. The number of hydrogen-bond donors (Lipinski definition) is 1. The predicted molar refractivity (Wildman–Crippen MR) is 283 cm³/mol. The Morgan fingerprint density at radius 3 is 1.84 bits per heavy atom. The average Bonchev–Trinajstić information content (AvgIpc) is 3.57. The van der Waals surface area contributed by atoms with Gasteiger partial charge in [0.25, 0.3) is 0 Å². The molecule has 9 aromatic carbocycles. The molecule has 1 N–H and O–H groups in total. The molecule has 0 bridgehead atoms. The van der Waals surface area contributed by atoms with Crippen LogP contribution in [0.2, 0.25) is 0 Å². The minimum Gasteiger partial charge on any atom is -0.450 e. The Bertz CT molecular complexity index is 3470. The molecule has 0 saturated heterocycles. The summed E-state index contributed by atoms with van der Waals surface area (Å²) in [7, 11) is 0. The van der Waals surface area contributed by atoms with Crippen molar-refractivity contribution in [3.05, 3.63) is 210 Å². The molecule has 3 aliphatic rings. The number of anilines is 5. The lowest BCUT2D eigenvalue weighted by Gasteiger charge is -2.43. The van der Waals surface area contributed by atoms with Crippen molar-refractivity contribution in [2.75, 3.05) is 10.2 Å². The highest BCUT2D eigenvalue weighted by molar-refractivity contribution is 6.05. The van der Waals surface area contributed by atoms with Gasteiger partial charge in [0, 0.05) is 39.8 Å². The summed E-state index contributed by atoms with van der Waals surface area (Å²) in [5.74, 6) is 2.82. The van der Waals surface area contributed by atoms with E-state index in [2.05, 4.69) is 216 Å². The SMILES string of the molecule is Cc1cc2c(cc1N(c1ccc3c(c1)Oc1ccccc1O3)c1cc(-c3cc4c(cc3Nc3ccc(-c5ccccc5)cc3)C(C)(C)c3ccccc3-4)c3ccccc3c1)C(C)(C)CCC2(C)C. The summed E-state index contributed by atoms with van der Waals surface area (Å²) in [6.45, 7) is 16.6. The van der Waals surface area contributed by atoms with Gasteiger partial charge in [-0.05, 0) is 164 Å². The molecule has 68 heavy (non-hydrogen) atoms. The first-order valence-corrected chi connectivity index (χ1v) is 24.1. The van der Waals surface area contributed by atoms with E-state index in [1.165, 1.54) is 55.5 Å². The van der Waals surface area contributed by atoms with Crippen LogP contribution in [0.25, 0.3) is 44.2 Å². The van der Waals surface area contributed by atoms with E-state index in [4.69, 9.17) is 9.47 Å². The summed E-state index contributed by atoms with van der Waals surface area (Å²) in [5, 5.41) is 6.33. The van der Waals surface area contributed by atoms with E-state index in [1.54, 1.807) is 0 Å². The summed E-state index contributed by atoms with van der Waals surface area (Å²) in [6.07, 6.45) is 2.28. The van der Waals surface area contributed by atoms with Crippen molar-refractivity contribution >= 4 is 39.2 Å². The lowest BCUT2D eigenvalue weighted by molar-refractivity contribution is 0.332. The number of nitrogens with one attached hydrogen (secondary N) is 1. The Balaban J connectivity index is 1.09. The van der Waals surface area contributed by atoms with Crippen molar-refractivity contribution in [3.63, 3.8) is 0 Å². The number of fused-ring (bicyclic) bond motifs is 7. The molecule has 0 saturated carbocycles. The summed E-state index contributed by atoms with van der Waals surface area (Å²) in [4.78, 5) is 2.45. The largest absolute Gasteiger partial charge is 0.450 e. The maximum absolute atomic E-state index is 6.62. The number of ether oxygens (including phenoxy) is 2. The second-order valence-corrected chi connectivity index (χ2v) is 21.0. The predicted octanol–water partition coefficient (Wildman–Crippen LogP) is 18.2. The normalized spacial score (nSPS) is 15.5. The third kappa shape index (κ3) is 6.88. The molecule has 4 heteroatoms. The minimum atomic E-state index is -0.177. The Hall–Kier alpha value is -7.56. The minimum absolute atomic E-state index is 0.0123. The van der Waals surface area contributed by atoms with Gasteiger partial charge in [-0.2, -0.15) is 0 Å². The van der Waals surface area contributed by atoms with E-state index in [0.717, 1.165) is 63.5 Å². The van der Waals surface area contributed by atoms with Gasteiger partial charge in [-0.1, -0.05) is 151 Å². The van der Waals surface area contributed by atoms with Crippen LogP contribution in [0.3, 0.4) is 0 Å². The first-order valence-electron chi connectivity index (χ1n) is 24.1. The van der Waals surface area contributed by atoms with E-state index in [9.17, 15) is 0 Å². The maximum Gasteiger partial charge on any atom is 0.172 e. The third-order valence-corrected chi connectivity index (χ3v) is 15.3. The van der Waals surface area contributed by atoms with Gasteiger partial charge in [0.15, 0.2) is 23.0 Å². The molecule has 12 rings (SSSR count). The number of benzene rings is 9. The first kappa shape index (κ1) is 41.8. The number of para-hydroxylation sites is 2. The summed E-state index contributed by atoms with van der Waals surface area (Å²) in [6, 6.07) is 66.1. The van der Waals surface area contributed by atoms with Gasteiger partial charge >= 0.3 is 0 Å². The van der Waals surface area contributed by atoms with E-state index < -0.39 is 0 Å². The van der Waals surface area contributed by atoms with Crippen LogP contribution in [0.15, 0.2) is 182 Å². The van der Waals surface area contributed by atoms with Gasteiger partial charge < -0.3 is 19.7 Å². The highest BCUT2D eigenvalue weighted by atomic mass is 16.6. The molecule has 0 radical (unpaired) electrons. The standard InChI is InChI=1S/C64H56N2O2/c1-40-33-54-55(63(4,5)32-31-62(54,2)3)39-57(40)66(45-29-30-60-61(36-45)68-59-24-16-15-23-58(59)67-60)46-34-43-19-11-12-20-47(43)49(35-46)51-37-50-48-21-13-14-22-52(48)64(6,7)53(50)38-56(51)65-44-27-25-42(26-28-44)41-17-9-8-10-18-41/h8-30,33-39,65H,31-32H2,1-7H3. The molecule has 0 spiro atoms. The topological polar surface area (TPSA) is 33.7 Å². The molecule has 0 unspecified atom stereocenters. The van der Waals surface area contributed by atoms with Crippen molar-refractivity contribution in [3.8, 4) is 56.4 Å². The zero-order valence-corrected chi connectivity index (χ0v) is 40.0. The fourth-order valence-corrected chi connectivity index (χ4v) is 11.3. The van der Waals surface area contributed by atoms with Gasteiger partial charge in [0.1, 0.15) is 0 Å². The van der Waals surface area contributed by atoms with E-state index in [-0.39, 0.29) is 16.2 Å². The molecule has 0 fully saturated rings. The molecular formula is C64H56N2O2. The smallest absolute Gasteiger partial charge is 0.172 e. The molecule has 0 aromatic heterocycles. The number of rotatable bonds is 7. The van der Waals surface area contributed by atoms with Crippen LogP contribution in [0, 0.1) is 6.92 Å². The van der Waals surface area contributed by atoms with Crippen LogP contribution in [0.5, 0.6) is 23.0 Å². The third-order valence-electron chi connectivity index (χ3n) is 15.3. The van der Waals surface area contributed by atoms with Crippen molar-refractivity contribution in [1.29, 1.82) is 0 Å². The molecule has 1 heterocycles. The number of aryl methyl sites for hydroxylation is 1. The molecule has 334 valence electrons. The fourth-order valence-electron chi connectivity index (χ4n) is 11.3. The Kier molecular flexibility index (Phi) is 9.54. The Labute approximate surface area is 400 Å². The second kappa shape index (κ2) is 15.5. The van der Waals surface area contributed by atoms with E-state index in [1.807, 2.05) is 24.3 Å². The van der Waals surface area contributed by atoms with Gasteiger partial charge in [-0.25, -0.2) is 0 Å². The van der Waals surface area contributed by atoms with Gasteiger partial charge in [-0.15, -0.1) is 0 Å². The van der Waals surface area contributed by atoms with Crippen LogP contribution in [0.4, 0.5) is 28.4 Å². The highest BCUT2D eigenvalue weighted by Crippen LogP contribution is 2.55. The molecule has 2 aliphatic carbocycles. The van der Waals surface area contributed by atoms with E-state index >= 15 is 0 Å². The molecule has 1 aliphatic heterocycles. The van der Waals surface area contributed by atoms with Crippen LogP contribution >= 0.6 is 0 Å². The molecule has 0 amide bonds. The van der Waals surface area contributed by atoms with Crippen LogP contribution in [-0.2, 0) is 16.2 Å². The molecule has 4 nitrogen and oxygen atoms in total. The van der Waals surface area contributed by atoms with E-state index in [0.29, 0.717) is 17.2 Å². The quantitative estimate of drug-likeness (QED) is 0.173. The summed E-state index contributed by atoms with van der Waals surface area (Å²) < 4.78 is 13.0. The average molecular weight is 885 g/mol. The van der Waals surface area contributed by atoms with Crippen molar-refractivity contribution in [1.82, 2.24) is 0 Å². The lowest BCUT2D eigenvalue weighted by atomic mass is 9.63. The van der Waals surface area contributed by atoms with Crippen LogP contribution in [-0.4, -0.2) is 0 Å². The summed E-state index contributed by atoms with van der Waals surface area (Å²) >= 11 is 0. The zero-order chi connectivity index (χ0) is 46.5. The first-order chi connectivity index (χ1) is 32.8. The molecular weight excluding hydrogens is 829 g/mol. The Morgan fingerprint density at radius 1 is 0.441 bits per heavy atom. The van der Waals surface area contributed by atoms with Crippen molar-refractivity contribution < 1.29 is 9.47 Å². The molecule has 0 atom stereocenters. The van der Waals surface area contributed by atoms with Crippen LogP contribution in [0.1, 0.15) is 82.2 Å². The highest BCUT2D eigenvalue weighted by Gasteiger charge is 2.39. The van der Waals surface area contributed by atoms with Gasteiger partial charge in [0.2, 0.25) is 0 Å². The summed E-state index contributed by atoms with van der Waals surface area (Å²) in [5.41, 5.74) is 19.2. The van der Waals surface area contributed by atoms with Crippen molar-refractivity contribution in [2.45, 2.75) is 77.6 Å². The monoisotopic (exact) mass is 884 g/mol. The lowest BCUT2D eigenvalue weighted by Crippen LogP contribution is -2.34.